The topological polar surface area (TPSA) is 46.9 Å². The molecule has 2 atom stereocenters. The van der Waals surface area contributed by atoms with Crippen molar-refractivity contribution in [2.24, 2.45) is 5.92 Å². The van der Waals surface area contributed by atoms with Crippen LogP contribution in [0.5, 0.6) is 0 Å². The van der Waals surface area contributed by atoms with Gasteiger partial charge in [-0.3, -0.25) is 4.79 Å². The minimum absolute atomic E-state index is 0.0326. The fourth-order valence-corrected chi connectivity index (χ4v) is 4.42. The van der Waals surface area contributed by atoms with E-state index < -0.39 is 11.9 Å². The molecule has 1 aromatic heterocycles. The fourth-order valence-electron chi connectivity index (χ4n) is 4.42. The Morgan fingerprint density at radius 1 is 1.00 bits per heavy atom. The largest absolute Gasteiger partial charge is 0.435 e. The van der Waals surface area contributed by atoms with Crippen LogP contribution in [0.2, 0.25) is 0 Å². The lowest BCUT2D eigenvalue weighted by Crippen LogP contribution is -2.15. The standard InChI is InChI=1S/C27H28F3N3O/c1-26(2,3)18-8-6-16(7-9-18)21-14-22(21)25(34)31-19-10-12-20(13-11-19)33-23(17-4-5-17)15-24(32-33)27(28,29)30/h6-13,15,17,21-22H,4-5,14H2,1-3H3,(H,31,34)/t21-,22+/m0/s1. The molecule has 2 aromatic carbocycles. The highest BCUT2D eigenvalue weighted by molar-refractivity contribution is 5.95. The maximum absolute atomic E-state index is 13.2. The molecule has 5 rings (SSSR count). The summed E-state index contributed by atoms with van der Waals surface area (Å²) in [6.45, 7) is 6.53. The number of benzene rings is 2. The van der Waals surface area contributed by atoms with Crippen molar-refractivity contribution in [2.45, 2.75) is 63.5 Å². The van der Waals surface area contributed by atoms with Gasteiger partial charge in [-0.1, -0.05) is 45.0 Å². The van der Waals surface area contributed by atoms with Crippen LogP contribution in [0.15, 0.2) is 54.6 Å². The van der Waals surface area contributed by atoms with Crippen LogP contribution in [0.1, 0.15) is 74.4 Å². The summed E-state index contributed by atoms with van der Waals surface area (Å²) in [4.78, 5) is 12.8. The van der Waals surface area contributed by atoms with Gasteiger partial charge in [-0.2, -0.15) is 18.3 Å². The average molecular weight is 468 g/mol. The lowest BCUT2D eigenvalue weighted by Gasteiger charge is -2.19. The molecule has 2 fully saturated rings. The Morgan fingerprint density at radius 3 is 2.21 bits per heavy atom. The number of alkyl halides is 3. The zero-order chi connectivity index (χ0) is 24.3. The molecule has 1 N–H and O–H groups in total. The van der Waals surface area contributed by atoms with Gasteiger partial charge < -0.3 is 5.32 Å². The molecule has 3 aromatic rings. The van der Waals surface area contributed by atoms with Gasteiger partial charge in [-0.25, -0.2) is 4.68 Å². The minimum atomic E-state index is -4.48. The first-order chi connectivity index (χ1) is 16.0. The van der Waals surface area contributed by atoms with Crippen molar-refractivity contribution in [3.8, 4) is 5.69 Å². The third kappa shape index (κ3) is 4.61. The van der Waals surface area contributed by atoms with Crippen LogP contribution in [-0.4, -0.2) is 15.7 Å². The molecule has 4 nitrogen and oxygen atoms in total. The quantitative estimate of drug-likeness (QED) is 0.448. The first kappa shape index (κ1) is 22.7. The highest BCUT2D eigenvalue weighted by atomic mass is 19.4. The molecule has 0 spiro atoms. The monoisotopic (exact) mass is 467 g/mol. The van der Waals surface area contributed by atoms with Crippen LogP contribution in [0.25, 0.3) is 5.69 Å². The Kier molecular flexibility index (Phi) is 5.34. The van der Waals surface area contributed by atoms with Gasteiger partial charge >= 0.3 is 6.18 Å². The van der Waals surface area contributed by atoms with Gasteiger partial charge in [-0.15, -0.1) is 0 Å². The minimum Gasteiger partial charge on any atom is -0.326 e. The summed E-state index contributed by atoms with van der Waals surface area (Å²) >= 11 is 0. The van der Waals surface area contributed by atoms with Crippen molar-refractivity contribution < 1.29 is 18.0 Å². The third-order valence-corrected chi connectivity index (χ3v) is 6.73. The highest BCUT2D eigenvalue weighted by Crippen LogP contribution is 2.48. The lowest BCUT2D eigenvalue weighted by molar-refractivity contribution is -0.141. The van der Waals surface area contributed by atoms with Gasteiger partial charge in [0.1, 0.15) is 0 Å². The molecule has 7 heteroatoms. The molecule has 2 saturated carbocycles. The average Bonchev–Trinajstić information content (AvgIpc) is 3.70. The number of amides is 1. The summed E-state index contributed by atoms with van der Waals surface area (Å²) in [5.74, 6) is 0.239. The van der Waals surface area contributed by atoms with Crippen LogP contribution in [0, 0.1) is 5.92 Å². The number of anilines is 1. The van der Waals surface area contributed by atoms with Crippen molar-refractivity contribution in [3.63, 3.8) is 0 Å². The predicted octanol–water partition coefficient (Wildman–Crippen LogP) is 6.81. The highest BCUT2D eigenvalue weighted by Gasteiger charge is 2.44. The van der Waals surface area contributed by atoms with Crippen molar-refractivity contribution in [3.05, 3.63) is 77.1 Å². The Balaban J connectivity index is 1.25. The summed E-state index contributed by atoms with van der Waals surface area (Å²) in [5, 5.41) is 6.76. The Hall–Kier alpha value is -3.09. The van der Waals surface area contributed by atoms with Crippen molar-refractivity contribution in [2.75, 3.05) is 5.32 Å². The second kappa shape index (κ2) is 8.00. The van der Waals surface area contributed by atoms with E-state index in [-0.39, 0.29) is 29.1 Å². The Bertz CT molecular complexity index is 1200. The number of carbonyl (C=O) groups is 1. The molecule has 0 saturated heterocycles. The van der Waals surface area contributed by atoms with E-state index in [0.29, 0.717) is 17.1 Å². The van der Waals surface area contributed by atoms with Crippen LogP contribution < -0.4 is 5.32 Å². The number of nitrogens with zero attached hydrogens (tertiary/aromatic N) is 2. The van der Waals surface area contributed by atoms with Crippen molar-refractivity contribution >= 4 is 11.6 Å². The van der Waals surface area contributed by atoms with E-state index >= 15 is 0 Å². The van der Waals surface area contributed by atoms with Gasteiger partial charge in [0.25, 0.3) is 0 Å². The Morgan fingerprint density at radius 2 is 1.65 bits per heavy atom. The van der Waals surface area contributed by atoms with Crippen LogP contribution in [0.3, 0.4) is 0 Å². The molecule has 2 aliphatic rings. The van der Waals surface area contributed by atoms with Gasteiger partial charge in [0.2, 0.25) is 5.91 Å². The van der Waals surface area contributed by atoms with Crippen LogP contribution in [0.4, 0.5) is 18.9 Å². The first-order valence-corrected chi connectivity index (χ1v) is 11.7. The van der Waals surface area contributed by atoms with Gasteiger partial charge in [0.15, 0.2) is 5.69 Å². The molecule has 1 heterocycles. The second-order valence-electron chi connectivity index (χ2n) is 10.5. The zero-order valence-corrected chi connectivity index (χ0v) is 19.5. The summed E-state index contributed by atoms with van der Waals surface area (Å²) in [5.41, 5.74) is 3.42. The van der Waals surface area contributed by atoms with Gasteiger partial charge in [0, 0.05) is 23.2 Å². The predicted molar refractivity (Wildman–Crippen MR) is 125 cm³/mol. The molecule has 0 aliphatic heterocycles. The van der Waals surface area contributed by atoms with Gasteiger partial charge in [-0.05, 0) is 72.1 Å². The summed E-state index contributed by atoms with van der Waals surface area (Å²) in [6, 6.07) is 16.5. The van der Waals surface area contributed by atoms with E-state index in [1.54, 1.807) is 24.3 Å². The maximum atomic E-state index is 13.2. The van der Waals surface area contributed by atoms with Crippen LogP contribution in [-0.2, 0) is 16.4 Å². The van der Waals surface area contributed by atoms with E-state index in [1.165, 1.54) is 15.8 Å². The molecule has 1 amide bonds. The number of rotatable bonds is 5. The molecule has 0 radical (unpaired) electrons. The van der Waals surface area contributed by atoms with E-state index in [0.717, 1.165) is 25.3 Å². The van der Waals surface area contributed by atoms with E-state index in [2.05, 4.69) is 55.5 Å². The number of carbonyl (C=O) groups excluding carboxylic acids is 1. The Labute approximate surface area is 197 Å². The zero-order valence-electron chi connectivity index (χ0n) is 19.5. The molecule has 34 heavy (non-hydrogen) atoms. The molecule has 0 bridgehead atoms. The van der Waals surface area contributed by atoms with E-state index in [1.807, 2.05) is 0 Å². The molecule has 178 valence electrons. The third-order valence-electron chi connectivity index (χ3n) is 6.73. The molecular formula is C27H28F3N3O. The summed E-state index contributed by atoms with van der Waals surface area (Å²) < 4.78 is 40.9. The van der Waals surface area contributed by atoms with Crippen molar-refractivity contribution in [1.29, 1.82) is 0 Å². The molecular weight excluding hydrogens is 439 g/mol. The molecule has 0 unspecified atom stereocenters. The second-order valence-corrected chi connectivity index (χ2v) is 10.5. The van der Waals surface area contributed by atoms with Gasteiger partial charge in [0.05, 0.1) is 5.69 Å². The van der Waals surface area contributed by atoms with E-state index in [4.69, 9.17) is 0 Å². The number of halogens is 3. The number of hydrogen-bond donors (Lipinski definition) is 1. The number of hydrogen-bond acceptors (Lipinski definition) is 2. The normalized spacial score (nSPS) is 20.3. The first-order valence-electron chi connectivity index (χ1n) is 11.7. The van der Waals surface area contributed by atoms with E-state index in [9.17, 15) is 18.0 Å². The lowest BCUT2D eigenvalue weighted by atomic mass is 9.86. The maximum Gasteiger partial charge on any atom is 0.435 e. The number of aromatic nitrogens is 2. The summed E-state index contributed by atoms with van der Waals surface area (Å²) in [6.07, 6.45) is -1.91. The number of nitrogens with one attached hydrogen (secondary N) is 1. The van der Waals surface area contributed by atoms with Crippen molar-refractivity contribution in [1.82, 2.24) is 9.78 Å². The smallest absolute Gasteiger partial charge is 0.326 e. The van der Waals surface area contributed by atoms with Crippen LogP contribution >= 0.6 is 0 Å². The summed E-state index contributed by atoms with van der Waals surface area (Å²) in [7, 11) is 0. The SMILES string of the molecule is CC(C)(C)c1ccc([C@@H]2C[C@H]2C(=O)Nc2ccc(-n3nc(C(F)(F)F)cc3C3CC3)cc2)cc1. The molecule has 2 aliphatic carbocycles. The fraction of sp³-hybridized carbons (Fsp3) is 0.407.